The molecule has 0 aromatic heterocycles. The van der Waals surface area contributed by atoms with Gasteiger partial charge in [0.1, 0.15) is 11.6 Å². The Hall–Kier alpha value is -1.91. The van der Waals surface area contributed by atoms with Crippen LogP contribution < -0.4 is 4.74 Å². The molecule has 1 heterocycles. The molecule has 1 amide bonds. The first-order valence-corrected chi connectivity index (χ1v) is 5.22. The average Bonchev–Trinajstić information content (AvgIpc) is 2.60. The summed E-state index contributed by atoms with van der Waals surface area (Å²) < 4.78 is 18.6. The van der Waals surface area contributed by atoms with Crippen molar-refractivity contribution in [1.82, 2.24) is 4.90 Å². The van der Waals surface area contributed by atoms with Gasteiger partial charge in [-0.25, -0.2) is 4.39 Å². The maximum atomic E-state index is 13.6. The Bertz CT molecular complexity index is 473. The first-order chi connectivity index (χ1) is 8.11. The molecule has 0 unspecified atom stereocenters. The third-order valence-electron chi connectivity index (χ3n) is 2.71. The van der Waals surface area contributed by atoms with Crippen LogP contribution in [-0.4, -0.2) is 30.2 Å². The van der Waals surface area contributed by atoms with Crippen LogP contribution >= 0.6 is 0 Å². The number of nitrogens with zero attached hydrogens (tertiary/aromatic N) is 1. The summed E-state index contributed by atoms with van der Waals surface area (Å²) in [4.78, 5) is 23.9. The highest BCUT2D eigenvalue weighted by molar-refractivity contribution is 6.05. The molecule has 0 radical (unpaired) electrons. The Labute approximate surface area is 98.0 Å². The van der Waals surface area contributed by atoms with E-state index in [1.165, 1.54) is 24.1 Å². The number of ether oxygens (including phenoxy) is 1. The van der Waals surface area contributed by atoms with Gasteiger partial charge >= 0.3 is 0 Å². The quantitative estimate of drug-likeness (QED) is 0.740. The van der Waals surface area contributed by atoms with Gasteiger partial charge in [-0.1, -0.05) is 6.07 Å². The monoisotopic (exact) mass is 237 g/mol. The molecule has 1 aromatic carbocycles. The number of hydrogen-bond donors (Lipinski definition) is 0. The lowest BCUT2D eigenvalue weighted by atomic mass is 10.1. The molecule has 2 rings (SSSR count). The van der Waals surface area contributed by atoms with E-state index in [9.17, 15) is 14.0 Å². The van der Waals surface area contributed by atoms with E-state index in [4.69, 9.17) is 4.74 Å². The predicted octanol–water partition coefficient (Wildman–Crippen LogP) is 1.14. The lowest BCUT2D eigenvalue weighted by molar-refractivity contribution is -0.128. The molecular weight excluding hydrogens is 225 g/mol. The van der Waals surface area contributed by atoms with Crippen LogP contribution in [0, 0.1) is 5.82 Å². The molecule has 0 bridgehead atoms. The van der Waals surface area contributed by atoms with Crippen molar-refractivity contribution in [3.05, 3.63) is 29.6 Å². The zero-order valence-corrected chi connectivity index (χ0v) is 9.40. The van der Waals surface area contributed by atoms with Crippen molar-refractivity contribution < 1.29 is 18.7 Å². The second-order valence-electron chi connectivity index (χ2n) is 3.89. The van der Waals surface area contributed by atoms with E-state index in [-0.39, 0.29) is 31.2 Å². The topological polar surface area (TPSA) is 46.6 Å². The van der Waals surface area contributed by atoms with E-state index in [0.29, 0.717) is 11.3 Å². The third-order valence-corrected chi connectivity index (χ3v) is 2.71. The molecule has 0 atom stereocenters. The van der Waals surface area contributed by atoms with Crippen LogP contribution in [0.15, 0.2) is 18.2 Å². The molecule has 0 N–H and O–H groups in total. The SMILES string of the molecule is COc1cccc(F)c1CN1CC(=O)CC1=O. The van der Waals surface area contributed by atoms with Crippen molar-refractivity contribution in [3.63, 3.8) is 0 Å². The van der Waals surface area contributed by atoms with Gasteiger partial charge in [0.2, 0.25) is 5.91 Å². The highest BCUT2D eigenvalue weighted by Gasteiger charge is 2.28. The van der Waals surface area contributed by atoms with E-state index in [0.717, 1.165) is 0 Å². The highest BCUT2D eigenvalue weighted by atomic mass is 19.1. The zero-order chi connectivity index (χ0) is 12.4. The molecule has 1 aliphatic rings. The van der Waals surface area contributed by atoms with Crippen LogP contribution in [-0.2, 0) is 16.1 Å². The maximum absolute atomic E-state index is 13.6. The van der Waals surface area contributed by atoms with E-state index in [2.05, 4.69) is 0 Å². The summed E-state index contributed by atoms with van der Waals surface area (Å²) in [6.07, 6.45) is -0.0865. The lowest BCUT2D eigenvalue weighted by Gasteiger charge is -2.17. The minimum absolute atomic E-state index is 0.0519. The normalized spacial score (nSPS) is 15.5. The summed E-state index contributed by atoms with van der Waals surface area (Å²) in [7, 11) is 1.44. The minimum Gasteiger partial charge on any atom is -0.496 e. The molecule has 17 heavy (non-hydrogen) atoms. The first-order valence-electron chi connectivity index (χ1n) is 5.22. The lowest BCUT2D eigenvalue weighted by Crippen LogP contribution is -2.25. The molecule has 0 aliphatic carbocycles. The van der Waals surface area contributed by atoms with E-state index >= 15 is 0 Å². The molecule has 1 fully saturated rings. The molecule has 90 valence electrons. The van der Waals surface area contributed by atoms with Gasteiger partial charge in [0.25, 0.3) is 0 Å². The number of rotatable bonds is 3. The van der Waals surface area contributed by atoms with Gasteiger partial charge in [-0.2, -0.15) is 0 Å². The second kappa shape index (κ2) is 4.53. The zero-order valence-electron chi connectivity index (χ0n) is 9.40. The van der Waals surface area contributed by atoms with Crippen molar-refractivity contribution >= 4 is 11.7 Å². The van der Waals surface area contributed by atoms with Crippen molar-refractivity contribution in [2.75, 3.05) is 13.7 Å². The van der Waals surface area contributed by atoms with Gasteiger partial charge in [0, 0.05) is 5.56 Å². The van der Waals surface area contributed by atoms with Gasteiger partial charge in [0.15, 0.2) is 5.78 Å². The van der Waals surface area contributed by atoms with Crippen LogP contribution in [0.1, 0.15) is 12.0 Å². The molecule has 1 aliphatic heterocycles. The molecule has 1 saturated heterocycles. The Kier molecular flexibility index (Phi) is 3.08. The van der Waals surface area contributed by atoms with Gasteiger partial charge in [-0.05, 0) is 12.1 Å². The van der Waals surface area contributed by atoms with Crippen molar-refractivity contribution in [2.45, 2.75) is 13.0 Å². The van der Waals surface area contributed by atoms with Gasteiger partial charge in [0.05, 0.1) is 26.6 Å². The Morgan fingerprint density at radius 3 is 2.76 bits per heavy atom. The predicted molar refractivity (Wildman–Crippen MR) is 58.0 cm³/mol. The summed E-state index contributed by atoms with van der Waals surface area (Å²) >= 11 is 0. The number of hydrogen-bond acceptors (Lipinski definition) is 3. The van der Waals surface area contributed by atoms with Gasteiger partial charge < -0.3 is 9.64 Å². The van der Waals surface area contributed by atoms with Crippen LogP contribution in [0.2, 0.25) is 0 Å². The van der Waals surface area contributed by atoms with Gasteiger partial charge in [-0.3, -0.25) is 9.59 Å². The molecule has 5 heteroatoms. The minimum atomic E-state index is -0.434. The number of carbonyl (C=O) groups is 2. The summed E-state index contributed by atoms with van der Waals surface area (Å²) in [6, 6.07) is 4.47. The van der Waals surface area contributed by atoms with Crippen molar-refractivity contribution in [1.29, 1.82) is 0 Å². The molecule has 0 saturated carbocycles. The smallest absolute Gasteiger partial charge is 0.230 e. The van der Waals surface area contributed by atoms with E-state index in [1.54, 1.807) is 6.07 Å². The number of amides is 1. The summed E-state index contributed by atoms with van der Waals surface area (Å²) in [5, 5.41) is 0. The molecular formula is C12H12FNO3. The summed E-state index contributed by atoms with van der Waals surface area (Å²) in [5.74, 6) is -0.445. The highest BCUT2D eigenvalue weighted by Crippen LogP contribution is 2.24. The molecule has 0 spiro atoms. The van der Waals surface area contributed by atoms with Crippen molar-refractivity contribution in [3.8, 4) is 5.75 Å². The Morgan fingerprint density at radius 1 is 1.41 bits per heavy atom. The van der Waals surface area contributed by atoms with E-state index < -0.39 is 5.82 Å². The Balaban J connectivity index is 2.24. The van der Waals surface area contributed by atoms with Crippen LogP contribution in [0.4, 0.5) is 4.39 Å². The average molecular weight is 237 g/mol. The largest absolute Gasteiger partial charge is 0.496 e. The number of methoxy groups -OCH3 is 1. The van der Waals surface area contributed by atoms with Gasteiger partial charge in [-0.15, -0.1) is 0 Å². The van der Waals surface area contributed by atoms with Crippen LogP contribution in [0.25, 0.3) is 0 Å². The number of Topliss-reactive ketones (excluding diaryl/α,β-unsaturated/α-hetero) is 1. The van der Waals surface area contributed by atoms with Crippen LogP contribution in [0.3, 0.4) is 0 Å². The summed E-state index contributed by atoms with van der Waals surface area (Å²) in [6.45, 7) is 0.122. The van der Waals surface area contributed by atoms with E-state index in [1.807, 2.05) is 0 Å². The Morgan fingerprint density at radius 2 is 2.18 bits per heavy atom. The number of carbonyl (C=O) groups excluding carboxylic acids is 2. The molecule has 1 aromatic rings. The molecule has 4 nitrogen and oxygen atoms in total. The standard InChI is InChI=1S/C12H12FNO3/c1-17-11-4-2-3-10(13)9(11)7-14-6-8(15)5-12(14)16/h2-4H,5-7H2,1H3. The number of benzene rings is 1. The fraction of sp³-hybridized carbons (Fsp3) is 0.333. The fourth-order valence-corrected chi connectivity index (χ4v) is 1.86. The fourth-order valence-electron chi connectivity index (χ4n) is 1.86. The van der Waals surface area contributed by atoms with Crippen molar-refractivity contribution in [2.24, 2.45) is 0 Å². The summed E-state index contributed by atoms with van der Waals surface area (Å²) in [5.41, 5.74) is 0.304. The second-order valence-corrected chi connectivity index (χ2v) is 3.89. The number of ketones is 1. The third kappa shape index (κ3) is 2.27. The first kappa shape index (κ1) is 11.6. The van der Waals surface area contributed by atoms with Crippen LogP contribution in [0.5, 0.6) is 5.75 Å². The number of likely N-dealkylation sites (tertiary alicyclic amines) is 1. The maximum Gasteiger partial charge on any atom is 0.230 e. The number of halogens is 1.